The third-order valence-electron chi connectivity index (χ3n) is 6.59. The van der Waals surface area contributed by atoms with Crippen LogP contribution < -0.4 is 15.5 Å². The van der Waals surface area contributed by atoms with Crippen LogP contribution in [0.5, 0.6) is 0 Å². The van der Waals surface area contributed by atoms with Crippen LogP contribution >= 0.6 is 11.6 Å². The van der Waals surface area contributed by atoms with Crippen molar-refractivity contribution in [3.63, 3.8) is 0 Å². The molecule has 1 saturated carbocycles. The van der Waals surface area contributed by atoms with Crippen LogP contribution in [0, 0.1) is 11.3 Å². The van der Waals surface area contributed by atoms with Crippen molar-refractivity contribution in [1.82, 2.24) is 10.6 Å². The summed E-state index contributed by atoms with van der Waals surface area (Å²) in [4.78, 5) is 14.8. The highest BCUT2D eigenvalue weighted by Crippen LogP contribution is 2.24. The average molecular weight is 467 g/mol. The first kappa shape index (κ1) is 23.4. The van der Waals surface area contributed by atoms with E-state index in [0.717, 1.165) is 56.4 Å². The van der Waals surface area contributed by atoms with Crippen molar-refractivity contribution in [2.75, 3.05) is 18.0 Å². The molecule has 2 aliphatic rings. The highest BCUT2D eigenvalue weighted by Gasteiger charge is 2.30. The number of nitrogens with zero attached hydrogens (tertiary/aromatic N) is 2. The number of nitrogens with one attached hydrogen (secondary N) is 2. The molecule has 174 valence electrons. The quantitative estimate of drug-likeness (QED) is 0.625. The molecule has 1 aliphatic heterocycles. The maximum atomic E-state index is 12.5. The second kappa shape index (κ2) is 11.4. The molecule has 0 unspecified atom stereocenters. The van der Waals surface area contributed by atoms with Crippen LogP contribution in [0.4, 0.5) is 10.5 Å². The maximum Gasteiger partial charge on any atom is 0.407 e. The molecule has 0 aromatic heterocycles. The van der Waals surface area contributed by atoms with Gasteiger partial charge in [-0.3, -0.25) is 0 Å². The van der Waals surface area contributed by atoms with Crippen LogP contribution in [0.1, 0.15) is 49.7 Å². The molecular weight excluding hydrogens is 436 g/mol. The van der Waals surface area contributed by atoms with Gasteiger partial charge in [0.05, 0.1) is 11.6 Å². The number of anilines is 1. The largest absolute Gasteiger partial charge is 0.445 e. The van der Waals surface area contributed by atoms with Crippen molar-refractivity contribution in [3.8, 4) is 6.07 Å². The molecule has 2 aromatic rings. The Labute approximate surface area is 200 Å². The number of hydrogen-bond acceptors (Lipinski definition) is 5. The minimum Gasteiger partial charge on any atom is -0.445 e. The van der Waals surface area contributed by atoms with Gasteiger partial charge in [0, 0.05) is 41.9 Å². The summed E-state index contributed by atoms with van der Waals surface area (Å²) in [5.74, 6) is 0. The summed E-state index contributed by atoms with van der Waals surface area (Å²) in [7, 11) is 0. The molecule has 1 saturated heterocycles. The summed E-state index contributed by atoms with van der Waals surface area (Å²) in [6, 6.07) is 18.0. The Kier molecular flexibility index (Phi) is 8.09. The molecule has 6 nitrogen and oxygen atoms in total. The van der Waals surface area contributed by atoms with Crippen molar-refractivity contribution in [2.24, 2.45) is 0 Å². The van der Waals surface area contributed by atoms with Gasteiger partial charge >= 0.3 is 6.09 Å². The minimum atomic E-state index is -0.369. The number of halogens is 1. The minimum absolute atomic E-state index is 0.0711. The molecular formula is C26H31ClN4O2. The summed E-state index contributed by atoms with van der Waals surface area (Å²) >= 11 is 5.91. The zero-order valence-electron chi connectivity index (χ0n) is 18.8. The number of benzene rings is 2. The highest BCUT2D eigenvalue weighted by atomic mass is 35.5. The summed E-state index contributed by atoms with van der Waals surface area (Å²) < 4.78 is 5.45. The molecule has 2 fully saturated rings. The Bertz CT molecular complexity index is 958. The first-order chi connectivity index (χ1) is 16.1. The van der Waals surface area contributed by atoms with E-state index in [-0.39, 0.29) is 24.8 Å². The number of hydrogen-bond donors (Lipinski definition) is 2. The fraction of sp³-hybridized carbons (Fsp3) is 0.462. The second-order valence-corrected chi connectivity index (χ2v) is 9.39. The molecule has 7 heteroatoms. The van der Waals surface area contributed by atoms with Crippen molar-refractivity contribution in [3.05, 3.63) is 64.7 Å². The maximum absolute atomic E-state index is 12.5. The van der Waals surface area contributed by atoms with E-state index in [4.69, 9.17) is 21.6 Å². The Hall–Kier alpha value is -2.75. The zero-order chi connectivity index (χ0) is 23.0. The lowest BCUT2D eigenvalue weighted by Crippen LogP contribution is -2.57. The molecule has 0 spiro atoms. The number of alkyl carbamates (subject to hydrolysis) is 1. The summed E-state index contributed by atoms with van der Waals surface area (Å²) in [6.07, 6.45) is 6.16. The van der Waals surface area contributed by atoms with E-state index in [9.17, 15) is 4.79 Å². The van der Waals surface area contributed by atoms with E-state index in [1.807, 2.05) is 36.4 Å². The lowest BCUT2D eigenvalue weighted by molar-refractivity contribution is 0.128. The summed E-state index contributed by atoms with van der Waals surface area (Å²) in [6.45, 7) is 2.18. The fourth-order valence-corrected chi connectivity index (χ4v) is 4.95. The van der Waals surface area contributed by atoms with Crippen molar-refractivity contribution >= 4 is 23.4 Å². The van der Waals surface area contributed by atoms with Gasteiger partial charge in [0.2, 0.25) is 0 Å². The zero-order valence-corrected chi connectivity index (χ0v) is 19.6. The Balaban J connectivity index is 1.29. The number of carbonyl (C=O) groups is 1. The first-order valence-corrected chi connectivity index (χ1v) is 12.2. The third kappa shape index (κ3) is 6.63. The molecule has 2 N–H and O–H groups in total. The molecule has 1 aliphatic carbocycles. The van der Waals surface area contributed by atoms with Crippen LogP contribution in [-0.4, -0.2) is 37.3 Å². The molecule has 2 aromatic carbocycles. The van der Waals surface area contributed by atoms with Gasteiger partial charge in [-0.2, -0.15) is 5.26 Å². The lowest BCUT2D eigenvalue weighted by atomic mass is 9.89. The monoisotopic (exact) mass is 466 g/mol. The van der Waals surface area contributed by atoms with Crippen molar-refractivity contribution < 1.29 is 9.53 Å². The van der Waals surface area contributed by atoms with Gasteiger partial charge in [-0.25, -0.2) is 4.79 Å². The average Bonchev–Trinajstić information content (AvgIpc) is 2.85. The molecule has 0 radical (unpaired) electrons. The van der Waals surface area contributed by atoms with Gasteiger partial charge in [-0.15, -0.1) is 0 Å². The molecule has 1 amide bonds. The topological polar surface area (TPSA) is 77.4 Å². The Morgan fingerprint density at radius 1 is 1.03 bits per heavy atom. The van der Waals surface area contributed by atoms with Crippen LogP contribution in [0.25, 0.3) is 0 Å². The van der Waals surface area contributed by atoms with Gasteiger partial charge in [0.15, 0.2) is 0 Å². The van der Waals surface area contributed by atoms with Crippen molar-refractivity contribution in [2.45, 2.75) is 63.3 Å². The summed E-state index contributed by atoms with van der Waals surface area (Å²) in [5, 5.41) is 16.6. The molecule has 1 heterocycles. The van der Waals surface area contributed by atoms with Gasteiger partial charge in [-0.1, -0.05) is 36.6 Å². The molecule has 3 atom stereocenters. The van der Waals surface area contributed by atoms with Gasteiger partial charge < -0.3 is 20.3 Å². The normalized spacial score (nSPS) is 22.9. The first-order valence-electron chi connectivity index (χ1n) is 11.8. The van der Waals surface area contributed by atoms with E-state index < -0.39 is 0 Å². The predicted octanol–water partition coefficient (Wildman–Crippen LogP) is 5.01. The van der Waals surface area contributed by atoms with Crippen LogP contribution in [0.2, 0.25) is 5.02 Å². The number of carbonyl (C=O) groups excluding carboxylic acids is 1. The van der Waals surface area contributed by atoms with Crippen LogP contribution in [0.15, 0.2) is 48.5 Å². The highest BCUT2D eigenvalue weighted by molar-refractivity contribution is 6.30. The SMILES string of the molecule is N#Cc1ccc(N2CCC[C@H](N[C@@H]3CCCC[C@H]3NC(=O)OCc3ccc(Cl)cc3)C2)cc1. The van der Waals surface area contributed by atoms with Crippen LogP contribution in [-0.2, 0) is 11.3 Å². The van der Waals surface area contributed by atoms with Gasteiger partial charge in [0.1, 0.15) is 6.61 Å². The number of nitriles is 1. The lowest BCUT2D eigenvalue weighted by Gasteiger charge is -2.40. The molecule has 0 bridgehead atoms. The molecule has 33 heavy (non-hydrogen) atoms. The van der Waals surface area contributed by atoms with Gasteiger partial charge in [0.25, 0.3) is 0 Å². The fourth-order valence-electron chi connectivity index (χ4n) is 4.82. The van der Waals surface area contributed by atoms with E-state index in [2.05, 4.69) is 21.6 Å². The van der Waals surface area contributed by atoms with Crippen molar-refractivity contribution in [1.29, 1.82) is 5.26 Å². The predicted molar refractivity (Wildman–Crippen MR) is 130 cm³/mol. The Morgan fingerprint density at radius 2 is 1.76 bits per heavy atom. The van der Waals surface area contributed by atoms with E-state index in [1.165, 1.54) is 6.42 Å². The van der Waals surface area contributed by atoms with Crippen LogP contribution in [0.3, 0.4) is 0 Å². The summed E-state index contributed by atoms with van der Waals surface area (Å²) in [5.41, 5.74) is 2.76. The standard InChI is InChI=1S/C26H31ClN4O2/c27-21-11-7-20(8-12-21)18-33-26(32)30-25-6-2-1-5-24(25)29-22-4-3-15-31(17-22)23-13-9-19(16-28)10-14-23/h7-14,22,24-25,29H,1-6,15,17-18H2,(H,30,32)/t22-,24+,25+/m0/s1. The third-order valence-corrected chi connectivity index (χ3v) is 6.84. The van der Waals surface area contributed by atoms with Gasteiger partial charge in [-0.05, 0) is 67.6 Å². The molecule has 4 rings (SSSR count). The number of piperidine rings is 1. The number of rotatable bonds is 6. The number of amides is 1. The second-order valence-electron chi connectivity index (χ2n) is 8.95. The Morgan fingerprint density at radius 3 is 2.48 bits per heavy atom. The van der Waals surface area contributed by atoms with E-state index in [1.54, 1.807) is 12.1 Å². The van der Waals surface area contributed by atoms with E-state index >= 15 is 0 Å². The van der Waals surface area contributed by atoms with E-state index in [0.29, 0.717) is 16.6 Å². The number of ether oxygens (including phenoxy) is 1. The smallest absolute Gasteiger partial charge is 0.407 e.